The van der Waals surface area contributed by atoms with Crippen molar-refractivity contribution in [1.29, 1.82) is 0 Å². The molecule has 2 aliphatic rings. The summed E-state index contributed by atoms with van der Waals surface area (Å²) in [6.07, 6.45) is 7.22. The topological polar surface area (TPSA) is 116 Å². The van der Waals surface area contributed by atoms with Gasteiger partial charge in [-0.05, 0) is 41.7 Å². The zero-order valence-electron chi connectivity index (χ0n) is 12.7. The SMILES string of the molecule is Nc1ncc2c(n1)C1(CCCN(C(=O)Cn3cnnn3)C1)CC2. The maximum atomic E-state index is 12.5. The van der Waals surface area contributed by atoms with Gasteiger partial charge in [0.25, 0.3) is 0 Å². The Morgan fingerprint density at radius 1 is 1.39 bits per heavy atom. The molecule has 3 heterocycles. The average Bonchev–Trinajstić information content (AvgIpc) is 3.17. The molecular formula is C14H18N8O. The van der Waals surface area contributed by atoms with Crippen LogP contribution in [-0.4, -0.2) is 54.1 Å². The number of nitrogens with two attached hydrogens (primary N) is 1. The zero-order chi connectivity index (χ0) is 15.9. The minimum absolute atomic E-state index is 0.0341. The largest absolute Gasteiger partial charge is 0.368 e. The molecule has 9 nitrogen and oxygen atoms in total. The van der Waals surface area contributed by atoms with E-state index in [1.165, 1.54) is 11.0 Å². The van der Waals surface area contributed by atoms with Gasteiger partial charge in [0.15, 0.2) is 0 Å². The van der Waals surface area contributed by atoms with Gasteiger partial charge in [0.05, 0.1) is 5.69 Å². The van der Waals surface area contributed by atoms with E-state index in [0.717, 1.165) is 43.5 Å². The van der Waals surface area contributed by atoms with Gasteiger partial charge < -0.3 is 10.6 Å². The minimum Gasteiger partial charge on any atom is -0.368 e. The molecule has 1 atom stereocenters. The quantitative estimate of drug-likeness (QED) is 0.798. The van der Waals surface area contributed by atoms with Crippen LogP contribution in [0.4, 0.5) is 5.95 Å². The fourth-order valence-electron chi connectivity index (χ4n) is 3.79. The molecule has 0 radical (unpaired) electrons. The average molecular weight is 314 g/mol. The molecule has 4 rings (SSSR count). The molecule has 1 unspecified atom stereocenters. The Labute approximate surface area is 132 Å². The fourth-order valence-corrected chi connectivity index (χ4v) is 3.79. The van der Waals surface area contributed by atoms with Gasteiger partial charge in [0.1, 0.15) is 12.9 Å². The van der Waals surface area contributed by atoms with Crippen molar-refractivity contribution in [3.63, 3.8) is 0 Å². The van der Waals surface area contributed by atoms with Crippen LogP contribution >= 0.6 is 0 Å². The van der Waals surface area contributed by atoms with E-state index in [1.54, 1.807) is 0 Å². The van der Waals surface area contributed by atoms with Gasteiger partial charge in [0, 0.05) is 24.7 Å². The molecule has 0 aromatic carbocycles. The Morgan fingerprint density at radius 3 is 3.13 bits per heavy atom. The third-order valence-electron chi connectivity index (χ3n) is 4.88. The number of carbonyl (C=O) groups excluding carboxylic acids is 1. The first-order valence-corrected chi connectivity index (χ1v) is 7.77. The molecule has 2 aromatic rings. The van der Waals surface area contributed by atoms with Crippen molar-refractivity contribution < 1.29 is 4.79 Å². The van der Waals surface area contributed by atoms with Crippen molar-refractivity contribution in [2.75, 3.05) is 18.8 Å². The highest BCUT2D eigenvalue weighted by Gasteiger charge is 2.44. The number of aryl methyl sites for hydroxylation is 1. The molecule has 1 saturated heterocycles. The van der Waals surface area contributed by atoms with Crippen molar-refractivity contribution in [2.24, 2.45) is 0 Å². The van der Waals surface area contributed by atoms with Gasteiger partial charge in [-0.15, -0.1) is 5.10 Å². The number of tetrazole rings is 1. The highest BCUT2D eigenvalue weighted by Crippen LogP contribution is 2.43. The Balaban J connectivity index is 1.56. The van der Waals surface area contributed by atoms with Gasteiger partial charge in [-0.25, -0.2) is 14.6 Å². The molecule has 2 N–H and O–H groups in total. The van der Waals surface area contributed by atoms with E-state index in [9.17, 15) is 4.79 Å². The Hall–Kier alpha value is -2.58. The Bertz CT molecular complexity index is 726. The van der Waals surface area contributed by atoms with Gasteiger partial charge in [-0.1, -0.05) is 0 Å². The number of nitrogen functional groups attached to an aromatic ring is 1. The molecule has 0 bridgehead atoms. The number of aromatic nitrogens is 6. The van der Waals surface area contributed by atoms with Crippen LogP contribution in [0.1, 0.15) is 30.5 Å². The lowest BCUT2D eigenvalue weighted by molar-refractivity contribution is -0.134. The number of carbonyl (C=O) groups is 1. The summed E-state index contributed by atoms with van der Waals surface area (Å²) in [5.41, 5.74) is 7.89. The normalized spacial score (nSPS) is 23.2. The first-order chi connectivity index (χ1) is 11.2. The van der Waals surface area contributed by atoms with Crippen LogP contribution in [0.15, 0.2) is 12.5 Å². The molecule has 120 valence electrons. The Kier molecular flexibility index (Phi) is 3.21. The molecule has 1 amide bonds. The highest BCUT2D eigenvalue weighted by molar-refractivity contribution is 5.76. The van der Waals surface area contributed by atoms with E-state index in [2.05, 4.69) is 25.5 Å². The summed E-state index contributed by atoms with van der Waals surface area (Å²) in [5.74, 6) is 0.342. The van der Waals surface area contributed by atoms with E-state index >= 15 is 0 Å². The first kappa shape index (κ1) is 14.0. The second-order valence-corrected chi connectivity index (χ2v) is 6.31. The third-order valence-corrected chi connectivity index (χ3v) is 4.88. The van der Waals surface area contributed by atoms with E-state index in [4.69, 9.17) is 5.73 Å². The van der Waals surface area contributed by atoms with Gasteiger partial charge in [-0.3, -0.25) is 4.79 Å². The third kappa shape index (κ3) is 2.41. The van der Waals surface area contributed by atoms with Crippen LogP contribution in [0.5, 0.6) is 0 Å². The lowest BCUT2D eigenvalue weighted by Crippen LogP contribution is -2.48. The second kappa shape index (κ2) is 5.25. The van der Waals surface area contributed by atoms with Crippen LogP contribution in [0, 0.1) is 0 Å². The maximum Gasteiger partial charge on any atom is 0.244 e. The summed E-state index contributed by atoms with van der Waals surface area (Å²) in [5, 5.41) is 10.9. The number of hydrogen-bond donors (Lipinski definition) is 1. The number of piperidine rings is 1. The van der Waals surface area contributed by atoms with Crippen LogP contribution in [0.2, 0.25) is 0 Å². The molecule has 1 aliphatic heterocycles. The molecule has 1 aliphatic carbocycles. The predicted octanol–water partition coefficient (Wildman–Crippen LogP) is -0.448. The van der Waals surface area contributed by atoms with Crippen LogP contribution < -0.4 is 5.73 Å². The van der Waals surface area contributed by atoms with E-state index in [-0.39, 0.29) is 17.9 Å². The second-order valence-electron chi connectivity index (χ2n) is 6.31. The van der Waals surface area contributed by atoms with Crippen LogP contribution in [-0.2, 0) is 23.2 Å². The molecule has 23 heavy (non-hydrogen) atoms. The first-order valence-electron chi connectivity index (χ1n) is 7.77. The lowest BCUT2D eigenvalue weighted by atomic mass is 9.77. The Morgan fingerprint density at radius 2 is 2.30 bits per heavy atom. The zero-order valence-corrected chi connectivity index (χ0v) is 12.7. The molecule has 9 heteroatoms. The van der Waals surface area contributed by atoms with E-state index in [1.807, 2.05) is 11.1 Å². The molecule has 1 spiro atoms. The number of fused-ring (bicyclic) bond motifs is 2. The summed E-state index contributed by atoms with van der Waals surface area (Å²) >= 11 is 0. The molecule has 0 saturated carbocycles. The number of nitrogens with zero attached hydrogens (tertiary/aromatic N) is 7. The van der Waals surface area contributed by atoms with Crippen molar-refractivity contribution in [1.82, 2.24) is 35.1 Å². The van der Waals surface area contributed by atoms with Crippen molar-refractivity contribution in [2.45, 2.75) is 37.6 Å². The molecule has 2 aromatic heterocycles. The number of amides is 1. The van der Waals surface area contributed by atoms with Gasteiger partial charge in [0.2, 0.25) is 11.9 Å². The molecule has 1 fully saturated rings. The summed E-state index contributed by atoms with van der Waals surface area (Å²) in [6.45, 7) is 1.61. The van der Waals surface area contributed by atoms with Gasteiger partial charge >= 0.3 is 0 Å². The summed E-state index contributed by atoms with van der Waals surface area (Å²) in [4.78, 5) is 23.0. The van der Waals surface area contributed by atoms with Crippen molar-refractivity contribution in [3.8, 4) is 0 Å². The smallest absolute Gasteiger partial charge is 0.244 e. The number of anilines is 1. The minimum atomic E-state index is -0.0824. The van der Waals surface area contributed by atoms with E-state index in [0.29, 0.717) is 12.5 Å². The van der Waals surface area contributed by atoms with Gasteiger partial charge in [-0.2, -0.15) is 0 Å². The van der Waals surface area contributed by atoms with Crippen LogP contribution in [0.25, 0.3) is 0 Å². The summed E-state index contributed by atoms with van der Waals surface area (Å²) in [7, 11) is 0. The summed E-state index contributed by atoms with van der Waals surface area (Å²) in [6, 6.07) is 0. The monoisotopic (exact) mass is 314 g/mol. The summed E-state index contributed by atoms with van der Waals surface area (Å²) < 4.78 is 1.45. The molecular weight excluding hydrogens is 296 g/mol. The van der Waals surface area contributed by atoms with Crippen LogP contribution in [0.3, 0.4) is 0 Å². The number of likely N-dealkylation sites (tertiary alicyclic amines) is 1. The highest BCUT2D eigenvalue weighted by atomic mass is 16.2. The fraction of sp³-hybridized carbons (Fsp3) is 0.571. The number of hydrogen-bond acceptors (Lipinski definition) is 7. The maximum absolute atomic E-state index is 12.5. The van der Waals surface area contributed by atoms with Crippen molar-refractivity contribution in [3.05, 3.63) is 23.8 Å². The lowest BCUT2D eigenvalue weighted by Gasteiger charge is -2.40. The standard InChI is InChI=1S/C14H18N8O/c15-13-16-6-10-2-4-14(12(10)18-13)3-1-5-21(8-14)11(23)7-22-9-17-19-20-22/h6,9H,1-5,7-8H2,(H2,15,16,18). The number of rotatable bonds is 2. The van der Waals surface area contributed by atoms with Crippen molar-refractivity contribution >= 4 is 11.9 Å². The predicted molar refractivity (Wildman–Crippen MR) is 80.1 cm³/mol. The van der Waals surface area contributed by atoms with E-state index < -0.39 is 0 Å².